The highest BCUT2D eigenvalue weighted by molar-refractivity contribution is 6.02. The molecule has 1 atom stereocenters. The van der Waals surface area contributed by atoms with Crippen LogP contribution in [0.5, 0.6) is 0 Å². The van der Waals surface area contributed by atoms with Crippen molar-refractivity contribution in [2.24, 2.45) is 5.73 Å². The summed E-state index contributed by atoms with van der Waals surface area (Å²) in [6.45, 7) is 2.94. The lowest BCUT2D eigenvalue weighted by atomic mass is 10.1. The fraction of sp³-hybridized carbons (Fsp3) is 0.235. The minimum atomic E-state index is -0.546. The maximum absolute atomic E-state index is 11.6. The summed E-state index contributed by atoms with van der Waals surface area (Å²) in [6.07, 6.45) is 0. The maximum atomic E-state index is 11.6. The highest BCUT2D eigenvalue weighted by Gasteiger charge is 2.27. The number of amides is 1. The van der Waals surface area contributed by atoms with Crippen LogP contribution in [-0.4, -0.2) is 13.0 Å². The Labute approximate surface area is 124 Å². The van der Waals surface area contributed by atoms with Gasteiger partial charge in [0.1, 0.15) is 6.04 Å². The molecule has 4 heteroatoms. The molecule has 108 valence electrons. The van der Waals surface area contributed by atoms with Crippen molar-refractivity contribution in [1.29, 1.82) is 0 Å². The van der Waals surface area contributed by atoms with Crippen LogP contribution >= 0.6 is 0 Å². The molecule has 0 bridgehead atoms. The van der Waals surface area contributed by atoms with Gasteiger partial charge in [0.15, 0.2) is 0 Å². The first kappa shape index (κ1) is 13.6. The van der Waals surface area contributed by atoms with Crippen LogP contribution in [0.4, 0.5) is 11.4 Å². The monoisotopic (exact) mass is 281 g/mol. The molecule has 2 aromatic rings. The molecule has 3 rings (SSSR count). The smallest absolute Gasteiger partial charge is 0.245 e. The van der Waals surface area contributed by atoms with Gasteiger partial charge in [0.25, 0.3) is 0 Å². The molecule has 1 amide bonds. The van der Waals surface area contributed by atoms with Crippen molar-refractivity contribution in [3.8, 4) is 0 Å². The number of nitrogens with zero attached hydrogens (tertiary/aromatic N) is 1. The van der Waals surface area contributed by atoms with Crippen LogP contribution in [0, 0.1) is 6.92 Å². The van der Waals surface area contributed by atoms with Crippen LogP contribution < -0.4 is 16.0 Å². The zero-order chi connectivity index (χ0) is 15.0. The Kier molecular flexibility index (Phi) is 3.39. The summed E-state index contributed by atoms with van der Waals surface area (Å²) in [7, 11) is 2.05. The standard InChI is InChI=1S/C17H19N3O/c1-11-5-3-4-6-12(11)10-20(2)13-7-8-14-15(9-13)19-17(21)16(14)18/h3-9,16H,10,18H2,1-2H3,(H,19,21). The predicted octanol–water partition coefficient (Wildman–Crippen LogP) is 2.58. The quantitative estimate of drug-likeness (QED) is 0.909. The van der Waals surface area contributed by atoms with E-state index in [0.717, 1.165) is 23.5 Å². The average molecular weight is 281 g/mol. The lowest BCUT2D eigenvalue weighted by molar-refractivity contribution is -0.116. The lowest BCUT2D eigenvalue weighted by Crippen LogP contribution is -2.19. The molecule has 1 aliphatic rings. The van der Waals surface area contributed by atoms with Crippen LogP contribution in [0.25, 0.3) is 0 Å². The Morgan fingerprint density at radius 2 is 2.00 bits per heavy atom. The Balaban J connectivity index is 1.84. The van der Waals surface area contributed by atoms with E-state index in [1.807, 2.05) is 31.3 Å². The molecule has 0 saturated heterocycles. The molecule has 0 saturated carbocycles. The second-order valence-electron chi connectivity index (χ2n) is 5.52. The second kappa shape index (κ2) is 5.22. The fourth-order valence-electron chi connectivity index (χ4n) is 2.65. The van der Waals surface area contributed by atoms with Gasteiger partial charge in [0.2, 0.25) is 5.91 Å². The maximum Gasteiger partial charge on any atom is 0.245 e. The van der Waals surface area contributed by atoms with Gasteiger partial charge in [-0.2, -0.15) is 0 Å². The van der Waals surface area contributed by atoms with Gasteiger partial charge >= 0.3 is 0 Å². The van der Waals surface area contributed by atoms with Gasteiger partial charge < -0.3 is 16.0 Å². The highest BCUT2D eigenvalue weighted by Crippen LogP contribution is 2.32. The fourth-order valence-corrected chi connectivity index (χ4v) is 2.65. The third kappa shape index (κ3) is 2.50. The summed E-state index contributed by atoms with van der Waals surface area (Å²) in [6, 6.07) is 13.7. The van der Waals surface area contributed by atoms with Gasteiger partial charge in [0.05, 0.1) is 0 Å². The van der Waals surface area contributed by atoms with Gasteiger partial charge in [-0.15, -0.1) is 0 Å². The first-order chi connectivity index (χ1) is 10.1. The number of carbonyl (C=O) groups excluding carboxylic acids is 1. The third-order valence-corrected chi connectivity index (χ3v) is 4.02. The molecule has 1 aliphatic heterocycles. The van der Waals surface area contributed by atoms with Crippen molar-refractivity contribution >= 4 is 17.3 Å². The van der Waals surface area contributed by atoms with E-state index in [1.165, 1.54) is 11.1 Å². The summed E-state index contributed by atoms with van der Waals surface area (Å²) >= 11 is 0. The molecule has 0 aromatic heterocycles. The van der Waals surface area contributed by atoms with E-state index in [0.29, 0.717) is 0 Å². The summed E-state index contributed by atoms with van der Waals surface area (Å²) in [5.41, 5.74) is 11.2. The van der Waals surface area contributed by atoms with E-state index in [1.54, 1.807) is 0 Å². The molecule has 3 N–H and O–H groups in total. The number of benzene rings is 2. The van der Waals surface area contributed by atoms with Crippen molar-refractivity contribution in [2.75, 3.05) is 17.3 Å². The second-order valence-corrected chi connectivity index (χ2v) is 5.52. The molecule has 0 fully saturated rings. The van der Waals surface area contributed by atoms with Crippen molar-refractivity contribution < 1.29 is 4.79 Å². The number of nitrogens with one attached hydrogen (secondary N) is 1. The van der Waals surface area contributed by atoms with Gasteiger partial charge in [-0.1, -0.05) is 30.3 Å². The molecular formula is C17H19N3O. The lowest BCUT2D eigenvalue weighted by Gasteiger charge is -2.21. The Bertz CT molecular complexity index is 696. The topological polar surface area (TPSA) is 58.4 Å². The number of hydrogen-bond donors (Lipinski definition) is 2. The molecule has 0 spiro atoms. The Hall–Kier alpha value is -2.33. The minimum absolute atomic E-state index is 0.135. The van der Waals surface area contributed by atoms with Crippen LogP contribution in [-0.2, 0) is 11.3 Å². The van der Waals surface area contributed by atoms with Crippen molar-refractivity contribution in [3.63, 3.8) is 0 Å². The van der Waals surface area contributed by atoms with E-state index >= 15 is 0 Å². The number of hydrogen-bond acceptors (Lipinski definition) is 3. The largest absolute Gasteiger partial charge is 0.370 e. The average Bonchev–Trinajstić information content (AvgIpc) is 2.76. The molecule has 4 nitrogen and oxygen atoms in total. The number of anilines is 2. The first-order valence-corrected chi connectivity index (χ1v) is 7.02. The molecular weight excluding hydrogens is 262 g/mol. The SMILES string of the molecule is Cc1ccccc1CN(C)c1ccc2c(c1)NC(=O)C2N. The Morgan fingerprint density at radius 1 is 1.24 bits per heavy atom. The number of rotatable bonds is 3. The minimum Gasteiger partial charge on any atom is -0.370 e. The van der Waals surface area contributed by atoms with Crippen LogP contribution in [0.3, 0.4) is 0 Å². The highest BCUT2D eigenvalue weighted by atomic mass is 16.2. The summed E-state index contributed by atoms with van der Waals surface area (Å²) in [5.74, 6) is -0.135. The molecule has 0 aliphatic carbocycles. The number of aryl methyl sites for hydroxylation is 1. The molecule has 21 heavy (non-hydrogen) atoms. The third-order valence-electron chi connectivity index (χ3n) is 4.02. The Morgan fingerprint density at radius 3 is 2.76 bits per heavy atom. The summed E-state index contributed by atoms with van der Waals surface area (Å²) in [5, 5.41) is 2.83. The normalized spacial score (nSPS) is 16.5. The molecule has 2 aromatic carbocycles. The predicted molar refractivity (Wildman–Crippen MR) is 85.3 cm³/mol. The number of carbonyl (C=O) groups is 1. The van der Waals surface area contributed by atoms with Gasteiger partial charge in [-0.05, 0) is 30.2 Å². The van der Waals surface area contributed by atoms with E-state index < -0.39 is 6.04 Å². The van der Waals surface area contributed by atoms with E-state index in [4.69, 9.17) is 5.73 Å². The molecule has 1 heterocycles. The van der Waals surface area contributed by atoms with Crippen LogP contribution in [0.2, 0.25) is 0 Å². The van der Waals surface area contributed by atoms with Gasteiger partial charge in [0, 0.05) is 30.5 Å². The van der Waals surface area contributed by atoms with Crippen molar-refractivity contribution in [1.82, 2.24) is 0 Å². The zero-order valence-corrected chi connectivity index (χ0v) is 12.3. The van der Waals surface area contributed by atoms with Crippen LogP contribution in [0.1, 0.15) is 22.7 Å². The van der Waals surface area contributed by atoms with E-state index in [2.05, 4.69) is 35.3 Å². The number of fused-ring (bicyclic) bond motifs is 1. The van der Waals surface area contributed by atoms with Crippen molar-refractivity contribution in [2.45, 2.75) is 19.5 Å². The van der Waals surface area contributed by atoms with Gasteiger partial charge in [-0.3, -0.25) is 4.79 Å². The van der Waals surface area contributed by atoms with E-state index in [9.17, 15) is 4.79 Å². The zero-order valence-electron chi connectivity index (χ0n) is 12.3. The van der Waals surface area contributed by atoms with E-state index in [-0.39, 0.29) is 5.91 Å². The summed E-state index contributed by atoms with van der Waals surface area (Å²) < 4.78 is 0. The first-order valence-electron chi connectivity index (χ1n) is 7.02. The van der Waals surface area contributed by atoms with Gasteiger partial charge in [-0.25, -0.2) is 0 Å². The summed E-state index contributed by atoms with van der Waals surface area (Å²) in [4.78, 5) is 13.8. The molecule has 1 unspecified atom stereocenters. The number of nitrogens with two attached hydrogens (primary N) is 1. The van der Waals surface area contributed by atoms with Crippen LogP contribution in [0.15, 0.2) is 42.5 Å². The molecule has 0 radical (unpaired) electrons. The van der Waals surface area contributed by atoms with Crippen molar-refractivity contribution in [3.05, 3.63) is 59.2 Å².